The minimum absolute atomic E-state index is 0.0717. The molecule has 3 nitrogen and oxygen atoms in total. The first-order chi connectivity index (χ1) is 7.00. The lowest BCUT2D eigenvalue weighted by atomic mass is 10.2. The Bertz CT molecular complexity index is 227. The van der Waals surface area contributed by atoms with Crippen LogP contribution in [0.3, 0.4) is 0 Å². The SMILES string of the molecule is CCCC1N(CCC)N=CN1C(Cl)(Cl)Cl. The van der Waals surface area contributed by atoms with Crippen LogP contribution in [0, 0.1) is 0 Å². The summed E-state index contributed by atoms with van der Waals surface area (Å²) in [6.45, 7) is 5.11. The molecule has 0 aromatic carbocycles. The first-order valence-electron chi connectivity index (χ1n) is 5.16. The molecule has 88 valence electrons. The predicted octanol–water partition coefficient (Wildman–Crippen LogP) is 3.41. The molecular formula is C9H16Cl3N3. The molecule has 1 atom stereocenters. The summed E-state index contributed by atoms with van der Waals surface area (Å²) in [6.07, 6.45) is 4.69. The van der Waals surface area contributed by atoms with E-state index < -0.39 is 3.92 Å². The zero-order valence-electron chi connectivity index (χ0n) is 8.96. The lowest BCUT2D eigenvalue weighted by molar-refractivity contribution is 0.120. The van der Waals surface area contributed by atoms with Crippen molar-refractivity contribution in [3.05, 3.63) is 0 Å². The largest absolute Gasteiger partial charge is 0.295 e. The van der Waals surface area contributed by atoms with Gasteiger partial charge in [0.2, 0.25) is 0 Å². The first-order valence-corrected chi connectivity index (χ1v) is 6.30. The van der Waals surface area contributed by atoms with Crippen LogP contribution in [0.5, 0.6) is 0 Å². The molecule has 0 N–H and O–H groups in total. The molecule has 0 aromatic rings. The van der Waals surface area contributed by atoms with Gasteiger partial charge in [-0.3, -0.25) is 9.91 Å². The smallest absolute Gasteiger partial charge is 0.270 e. The van der Waals surface area contributed by atoms with E-state index >= 15 is 0 Å². The summed E-state index contributed by atoms with van der Waals surface area (Å²) in [5.74, 6) is 0. The zero-order chi connectivity index (χ0) is 11.5. The van der Waals surface area contributed by atoms with E-state index in [0.717, 1.165) is 25.8 Å². The van der Waals surface area contributed by atoms with E-state index in [2.05, 4.69) is 18.9 Å². The first kappa shape index (κ1) is 13.2. The average molecular weight is 273 g/mol. The fourth-order valence-corrected chi connectivity index (χ4v) is 2.10. The lowest BCUT2D eigenvalue weighted by Gasteiger charge is -2.34. The molecule has 6 heteroatoms. The predicted molar refractivity (Wildman–Crippen MR) is 66.3 cm³/mol. The molecule has 0 aliphatic carbocycles. The van der Waals surface area contributed by atoms with Gasteiger partial charge in [0.15, 0.2) is 0 Å². The van der Waals surface area contributed by atoms with E-state index in [1.807, 2.05) is 5.01 Å². The van der Waals surface area contributed by atoms with Crippen molar-refractivity contribution in [1.82, 2.24) is 9.91 Å². The summed E-state index contributed by atoms with van der Waals surface area (Å²) in [5.41, 5.74) is 0. The molecule has 1 aliphatic rings. The molecule has 0 fully saturated rings. The number of hydrogen-bond donors (Lipinski definition) is 0. The average Bonchev–Trinajstić information content (AvgIpc) is 2.49. The van der Waals surface area contributed by atoms with E-state index in [-0.39, 0.29) is 6.17 Å². The Morgan fingerprint density at radius 2 is 1.93 bits per heavy atom. The van der Waals surface area contributed by atoms with Crippen molar-refractivity contribution in [3.8, 4) is 0 Å². The fourth-order valence-electron chi connectivity index (χ4n) is 1.64. The molecule has 0 saturated heterocycles. The number of nitrogens with zero attached hydrogens (tertiary/aromatic N) is 3. The van der Waals surface area contributed by atoms with Crippen LogP contribution in [0.15, 0.2) is 5.10 Å². The number of rotatable bonds is 4. The molecule has 0 radical (unpaired) electrons. The molecule has 0 aromatic heterocycles. The van der Waals surface area contributed by atoms with Gasteiger partial charge in [0.25, 0.3) is 3.92 Å². The maximum atomic E-state index is 5.87. The second-order valence-corrected chi connectivity index (χ2v) is 5.76. The number of hydrogen-bond acceptors (Lipinski definition) is 3. The van der Waals surface area contributed by atoms with Gasteiger partial charge in [-0.2, -0.15) is 5.10 Å². The van der Waals surface area contributed by atoms with E-state index in [1.54, 1.807) is 11.2 Å². The Balaban J connectivity index is 2.70. The maximum Gasteiger partial charge on any atom is 0.270 e. The number of halogens is 3. The minimum Gasteiger partial charge on any atom is -0.295 e. The summed E-state index contributed by atoms with van der Waals surface area (Å²) in [6, 6.07) is 0. The second-order valence-electron chi connectivity index (χ2n) is 3.54. The third-order valence-corrected chi connectivity index (χ3v) is 2.87. The molecule has 1 aliphatic heterocycles. The summed E-state index contributed by atoms with van der Waals surface area (Å²) >= 11 is 17.6. The highest BCUT2D eigenvalue weighted by atomic mass is 35.6. The van der Waals surface area contributed by atoms with Gasteiger partial charge in [0.1, 0.15) is 12.5 Å². The Hall–Kier alpha value is 0.140. The van der Waals surface area contributed by atoms with Crippen LogP contribution in [-0.4, -0.2) is 32.9 Å². The van der Waals surface area contributed by atoms with Crippen LogP contribution >= 0.6 is 34.8 Å². The van der Waals surface area contributed by atoms with Gasteiger partial charge in [-0.05, 0) is 12.8 Å². The Labute approximate surface area is 106 Å². The summed E-state index contributed by atoms with van der Waals surface area (Å²) in [5, 5.41) is 6.23. The van der Waals surface area contributed by atoms with Crippen LogP contribution in [0.4, 0.5) is 0 Å². The van der Waals surface area contributed by atoms with Gasteiger partial charge >= 0.3 is 0 Å². The second kappa shape index (κ2) is 5.46. The van der Waals surface area contributed by atoms with Crippen molar-refractivity contribution in [2.24, 2.45) is 5.10 Å². The van der Waals surface area contributed by atoms with Crippen LogP contribution in [0.2, 0.25) is 0 Å². The number of hydrazone groups is 1. The molecule has 1 unspecified atom stereocenters. The Kier molecular flexibility index (Phi) is 4.81. The van der Waals surface area contributed by atoms with Crippen LogP contribution in [-0.2, 0) is 0 Å². The van der Waals surface area contributed by atoms with Crippen LogP contribution < -0.4 is 0 Å². The molecular weight excluding hydrogens is 256 g/mol. The van der Waals surface area contributed by atoms with E-state index in [1.165, 1.54) is 0 Å². The Morgan fingerprint density at radius 3 is 2.40 bits per heavy atom. The summed E-state index contributed by atoms with van der Waals surface area (Å²) in [4.78, 5) is 1.68. The highest BCUT2D eigenvalue weighted by Gasteiger charge is 2.38. The van der Waals surface area contributed by atoms with E-state index in [9.17, 15) is 0 Å². The van der Waals surface area contributed by atoms with Gasteiger partial charge in [-0.25, -0.2) is 0 Å². The standard InChI is InChI=1S/C9H16Cl3N3/c1-3-5-8-14(9(10,11)12)7-13-15(8)6-4-2/h7-8H,3-6H2,1-2H3. The van der Waals surface area contributed by atoms with Crippen molar-refractivity contribution in [3.63, 3.8) is 0 Å². The van der Waals surface area contributed by atoms with Crippen LogP contribution in [0.1, 0.15) is 33.1 Å². The fraction of sp³-hybridized carbons (Fsp3) is 0.889. The molecule has 0 bridgehead atoms. The molecule has 0 spiro atoms. The highest BCUT2D eigenvalue weighted by Crippen LogP contribution is 2.35. The van der Waals surface area contributed by atoms with E-state index in [4.69, 9.17) is 34.8 Å². The molecule has 1 heterocycles. The van der Waals surface area contributed by atoms with Crippen LogP contribution in [0.25, 0.3) is 0 Å². The van der Waals surface area contributed by atoms with Gasteiger partial charge in [-0.1, -0.05) is 55.1 Å². The van der Waals surface area contributed by atoms with Crippen molar-refractivity contribution in [2.45, 2.75) is 43.2 Å². The highest BCUT2D eigenvalue weighted by molar-refractivity contribution is 6.67. The third kappa shape index (κ3) is 3.30. The van der Waals surface area contributed by atoms with Crippen molar-refractivity contribution >= 4 is 41.1 Å². The van der Waals surface area contributed by atoms with Gasteiger partial charge in [0, 0.05) is 6.54 Å². The normalized spacial score (nSPS) is 21.5. The van der Waals surface area contributed by atoms with Crippen molar-refractivity contribution in [1.29, 1.82) is 0 Å². The van der Waals surface area contributed by atoms with Gasteiger partial charge < -0.3 is 0 Å². The molecule has 0 amide bonds. The van der Waals surface area contributed by atoms with Gasteiger partial charge in [0.05, 0.1) is 0 Å². The van der Waals surface area contributed by atoms with Gasteiger partial charge in [-0.15, -0.1) is 0 Å². The summed E-state index contributed by atoms with van der Waals surface area (Å²) in [7, 11) is 0. The van der Waals surface area contributed by atoms with Crippen molar-refractivity contribution < 1.29 is 0 Å². The lowest BCUT2D eigenvalue weighted by Crippen LogP contribution is -2.45. The number of alkyl halides is 3. The maximum absolute atomic E-state index is 5.87. The molecule has 0 saturated carbocycles. The van der Waals surface area contributed by atoms with Crippen molar-refractivity contribution in [2.75, 3.05) is 6.54 Å². The monoisotopic (exact) mass is 271 g/mol. The third-order valence-electron chi connectivity index (χ3n) is 2.28. The molecule has 1 rings (SSSR count). The summed E-state index contributed by atoms with van der Waals surface area (Å²) < 4.78 is -1.41. The molecule has 15 heavy (non-hydrogen) atoms. The zero-order valence-corrected chi connectivity index (χ0v) is 11.2. The minimum atomic E-state index is -1.41. The topological polar surface area (TPSA) is 18.8 Å². The van der Waals surface area contributed by atoms with E-state index in [0.29, 0.717) is 0 Å². The quantitative estimate of drug-likeness (QED) is 0.577. The Morgan fingerprint density at radius 1 is 1.27 bits per heavy atom.